The highest BCUT2D eigenvalue weighted by atomic mass is 16.3. The molecule has 1 aromatic carbocycles. The van der Waals surface area contributed by atoms with Gasteiger partial charge in [0.25, 0.3) is 0 Å². The molecule has 0 aliphatic carbocycles. The van der Waals surface area contributed by atoms with Crippen LogP contribution >= 0.6 is 0 Å². The molecule has 2 aliphatic heterocycles. The lowest BCUT2D eigenvalue weighted by Gasteiger charge is -2.32. The lowest BCUT2D eigenvalue weighted by molar-refractivity contribution is -0.142. The zero-order valence-electron chi connectivity index (χ0n) is 23.5. The Labute approximate surface area is 226 Å². The quantitative estimate of drug-likeness (QED) is 0.523. The van der Waals surface area contributed by atoms with Crippen LogP contribution < -0.4 is 5.32 Å². The smallest absolute Gasteiger partial charge is 0.243 e. The largest absolute Gasteiger partial charge is 0.391 e. The maximum atomic E-state index is 13.2. The molecular weight excluding hydrogens is 480 g/mol. The number of aliphatic hydroxyl groups is 1. The van der Waals surface area contributed by atoms with Crippen molar-refractivity contribution in [3.63, 3.8) is 0 Å². The van der Waals surface area contributed by atoms with Crippen molar-refractivity contribution in [2.24, 2.45) is 11.8 Å². The molecule has 9 heteroatoms. The second-order valence-corrected chi connectivity index (χ2v) is 11.4. The number of rotatable bonds is 9. The molecule has 1 aromatic heterocycles. The number of amides is 2. The number of likely N-dealkylation sites (tertiary alicyclic amines) is 1. The molecule has 2 aliphatic rings. The molecule has 2 saturated heterocycles. The van der Waals surface area contributed by atoms with Gasteiger partial charge in [0.05, 0.1) is 24.4 Å². The fourth-order valence-corrected chi connectivity index (χ4v) is 5.25. The molecule has 4 atom stereocenters. The van der Waals surface area contributed by atoms with E-state index in [0.29, 0.717) is 0 Å². The second-order valence-electron chi connectivity index (χ2n) is 11.4. The lowest BCUT2D eigenvalue weighted by Crippen LogP contribution is -2.48. The summed E-state index contributed by atoms with van der Waals surface area (Å²) in [6.45, 7) is 14.3. The number of hydrogen-bond acceptors (Lipinski definition) is 6. The van der Waals surface area contributed by atoms with E-state index in [2.05, 4.69) is 44.1 Å². The van der Waals surface area contributed by atoms with Crippen molar-refractivity contribution in [2.75, 3.05) is 46.3 Å². The number of hydrogen-bond donors (Lipinski definition) is 2. The summed E-state index contributed by atoms with van der Waals surface area (Å²) >= 11 is 0. The Balaban J connectivity index is 1.36. The van der Waals surface area contributed by atoms with Gasteiger partial charge in [-0.2, -0.15) is 5.10 Å². The molecule has 0 bridgehead atoms. The fourth-order valence-electron chi connectivity index (χ4n) is 5.25. The second kappa shape index (κ2) is 12.4. The molecule has 2 fully saturated rings. The van der Waals surface area contributed by atoms with Gasteiger partial charge in [0.2, 0.25) is 11.8 Å². The van der Waals surface area contributed by atoms with Gasteiger partial charge in [-0.25, -0.2) is 0 Å². The molecule has 2 N–H and O–H groups in total. The van der Waals surface area contributed by atoms with Gasteiger partial charge in [-0.15, -0.1) is 0 Å². The molecule has 0 radical (unpaired) electrons. The van der Waals surface area contributed by atoms with Crippen molar-refractivity contribution >= 4 is 11.8 Å². The summed E-state index contributed by atoms with van der Waals surface area (Å²) in [6.07, 6.45) is 1.44. The number of carbonyl (C=O) groups excluding carboxylic acids is 2. The van der Waals surface area contributed by atoms with Crippen molar-refractivity contribution in [1.29, 1.82) is 0 Å². The van der Waals surface area contributed by atoms with E-state index < -0.39 is 12.1 Å². The molecule has 0 spiro atoms. The first kappa shape index (κ1) is 28.3. The van der Waals surface area contributed by atoms with E-state index in [1.54, 1.807) is 4.90 Å². The number of aliphatic hydroxyl groups excluding tert-OH is 1. The average Bonchev–Trinajstić information content (AvgIpc) is 3.54. The van der Waals surface area contributed by atoms with Crippen LogP contribution in [0.4, 0.5) is 0 Å². The normalized spacial score (nSPS) is 22.6. The van der Waals surface area contributed by atoms with Crippen LogP contribution in [0.5, 0.6) is 0 Å². The van der Waals surface area contributed by atoms with Gasteiger partial charge in [-0.1, -0.05) is 45.0 Å². The zero-order chi connectivity index (χ0) is 27.4. The summed E-state index contributed by atoms with van der Waals surface area (Å²) in [5, 5.41) is 17.8. The van der Waals surface area contributed by atoms with Crippen LogP contribution in [0, 0.1) is 11.8 Å². The van der Waals surface area contributed by atoms with Gasteiger partial charge in [-0.05, 0) is 37.1 Å². The highest BCUT2D eigenvalue weighted by molar-refractivity contribution is 5.89. The van der Waals surface area contributed by atoms with E-state index in [1.165, 1.54) is 0 Å². The summed E-state index contributed by atoms with van der Waals surface area (Å²) in [5.74, 6) is -0.317. The first-order chi connectivity index (χ1) is 18.1. The minimum atomic E-state index is -0.676. The number of carbonyl (C=O) groups is 2. The molecule has 4 rings (SSSR count). The van der Waals surface area contributed by atoms with Gasteiger partial charge in [0.15, 0.2) is 0 Å². The number of benzene rings is 1. The van der Waals surface area contributed by atoms with E-state index in [1.807, 2.05) is 52.1 Å². The molecule has 208 valence electrons. The van der Waals surface area contributed by atoms with E-state index in [9.17, 15) is 14.7 Å². The highest BCUT2D eigenvalue weighted by Crippen LogP contribution is 2.26. The Morgan fingerprint density at radius 1 is 1.03 bits per heavy atom. The molecule has 2 aromatic rings. The number of β-amino-alcohol motifs (C(OH)–C–C–N with tert-alkyl or cyclic N) is 1. The van der Waals surface area contributed by atoms with E-state index >= 15 is 0 Å². The molecule has 9 nitrogen and oxygen atoms in total. The topological polar surface area (TPSA) is 93.9 Å². The van der Waals surface area contributed by atoms with Gasteiger partial charge in [0.1, 0.15) is 6.04 Å². The summed E-state index contributed by atoms with van der Waals surface area (Å²) in [6, 6.07) is 9.38. The third-order valence-electron chi connectivity index (χ3n) is 8.26. The molecule has 4 unspecified atom stereocenters. The summed E-state index contributed by atoms with van der Waals surface area (Å²) in [4.78, 5) is 32.5. The summed E-state index contributed by atoms with van der Waals surface area (Å²) in [7, 11) is 2.17. The van der Waals surface area contributed by atoms with Crippen LogP contribution in [0.15, 0.2) is 36.5 Å². The molecule has 38 heavy (non-hydrogen) atoms. The lowest BCUT2D eigenvalue weighted by atomic mass is 9.96. The number of likely N-dealkylation sites (N-methyl/N-ethyl adjacent to an activating group) is 1. The zero-order valence-corrected chi connectivity index (χ0v) is 23.5. The van der Waals surface area contributed by atoms with Crippen LogP contribution in [0.2, 0.25) is 0 Å². The number of aromatic nitrogens is 2. The van der Waals surface area contributed by atoms with Gasteiger partial charge in [-0.3, -0.25) is 19.2 Å². The van der Waals surface area contributed by atoms with E-state index in [-0.39, 0.29) is 42.7 Å². The van der Waals surface area contributed by atoms with E-state index in [0.717, 1.165) is 56.1 Å². The van der Waals surface area contributed by atoms with Gasteiger partial charge < -0.3 is 20.2 Å². The van der Waals surface area contributed by atoms with Crippen LogP contribution in [0.25, 0.3) is 11.3 Å². The molecule has 2 amide bonds. The van der Waals surface area contributed by atoms with Crippen molar-refractivity contribution in [2.45, 2.75) is 58.8 Å². The first-order valence-corrected chi connectivity index (χ1v) is 14.0. The maximum absolute atomic E-state index is 13.2. The summed E-state index contributed by atoms with van der Waals surface area (Å²) < 4.78 is 2.06. The van der Waals surface area contributed by atoms with Crippen molar-refractivity contribution < 1.29 is 14.7 Å². The Kier molecular flexibility index (Phi) is 9.23. The fraction of sp³-hybridized carbons (Fsp3) is 0.621. The van der Waals surface area contributed by atoms with Crippen LogP contribution in [0.1, 0.15) is 45.7 Å². The Hall–Kier alpha value is -2.75. The van der Waals surface area contributed by atoms with Crippen LogP contribution in [-0.2, 0) is 16.1 Å². The first-order valence-electron chi connectivity index (χ1n) is 14.0. The standard InChI is InChI=1S/C29H44N6O3/c1-20(2)21(3)29(38)34-19-25(36)18-27(34)28(37)31-22(4)23-6-8-24(9-7-23)26-10-11-30-35(26)17-16-33-14-12-32(5)13-15-33/h6-11,20-22,25,27,36H,12-19H2,1-5H3,(H,31,37). The predicted octanol–water partition coefficient (Wildman–Crippen LogP) is 2.23. The SMILES string of the molecule is CC(NC(=O)C1CC(O)CN1C(=O)C(C)C(C)C)c1ccc(-c2ccnn2CCN2CCN(C)CC2)cc1. The highest BCUT2D eigenvalue weighted by Gasteiger charge is 2.41. The minimum Gasteiger partial charge on any atom is -0.391 e. The number of piperazine rings is 1. The maximum Gasteiger partial charge on any atom is 0.243 e. The molecule has 0 saturated carbocycles. The van der Waals surface area contributed by atoms with E-state index in [4.69, 9.17) is 0 Å². The minimum absolute atomic E-state index is 0.0714. The van der Waals surface area contributed by atoms with Crippen LogP contribution in [-0.4, -0.2) is 99.9 Å². The number of nitrogens with one attached hydrogen (secondary N) is 1. The Morgan fingerprint density at radius 2 is 1.71 bits per heavy atom. The third-order valence-corrected chi connectivity index (χ3v) is 8.26. The number of nitrogens with zero attached hydrogens (tertiary/aromatic N) is 5. The van der Waals surface area contributed by atoms with Crippen molar-refractivity contribution in [3.05, 3.63) is 42.1 Å². The Bertz CT molecular complexity index is 1080. The van der Waals surface area contributed by atoms with Crippen molar-refractivity contribution in [3.8, 4) is 11.3 Å². The molecule has 3 heterocycles. The predicted molar refractivity (Wildman–Crippen MR) is 148 cm³/mol. The molecular formula is C29H44N6O3. The monoisotopic (exact) mass is 524 g/mol. The van der Waals surface area contributed by atoms with Crippen LogP contribution in [0.3, 0.4) is 0 Å². The average molecular weight is 525 g/mol. The summed E-state index contributed by atoms with van der Waals surface area (Å²) in [5.41, 5.74) is 3.15. The van der Waals surface area contributed by atoms with Crippen molar-refractivity contribution in [1.82, 2.24) is 29.8 Å². The Morgan fingerprint density at radius 3 is 2.37 bits per heavy atom. The van der Waals surface area contributed by atoms with Gasteiger partial charge >= 0.3 is 0 Å². The third kappa shape index (κ3) is 6.62. The van der Waals surface area contributed by atoms with Gasteiger partial charge in [0, 0.05) is 57.8 Å².